The molecular formula is C23H29BN4O7. The highest BCUT2D eigenvalue weighted by atomic mass is 16.6. The smallest absolute Gasteiger partial charge is 0.444 e. The predicted molar refractivity (Wildman–Crippen MR) is 125 cm³/mol. The third-order valence-corrected chi connectivity index (χ3v) is 5.87. The van der Waals surface area contributed by atoms with Crippen LogP contribution in [0.15, 0.2) is 24.5 Å². The second-order valence-corrected chi connectivity index (χ2v) is 9.53. The third kappa shape index (κ3) is 5.39. The van der Waals surface area contributed by atoms with Gasteiger partial charge >= 0.3 is 13.2 Å². The number of piperazine rings is 1. The summed E-state index contributed by atoms with van der Waals surface area (Å²) >= 11 is 0. The first-order chi connectivity index (χ1) is 16.6. The Bertz CT molecular complexity index is 1110. The summed E-state index contributed by atoms with van der Waals surface area (Å²) in [7, 11) is -0.991. The van der Waals surface area contributed by atoms with E-state index in [2.05, 4.69) is 9.97 Å². The van der Waals surface area contributed by atoms with Gasteiger partial charge in [0, 0.05) is 19.6 Å². The van der Waals surface area contributed by atoms with Crippen molar-refractivity contribution in [1.82, 2.24) is 19.8 Å². The maximum Gasteiger partial charge on any atom is 0.492 e. The Kier molecular flexibility index (Phi) is 6.97. The molecule has 2 aliphatic heterocycles. The van der Waals surface area contributed by atoms with Crippen LogP contribution in [0.5, 0.6) is 11.6 Å². The molecule has 4 rings (SSSR count). The molecule has 3 heterocycles. The van der Waals surface area contributed by atoms with Crippen molar-refractivity contribution in [2.24, 2.45) is 0 Å². The fourth-order valence-electron chi connectivity index (χ4n) is 4.11. The summed E-state index contributed by atoms with van der Waals surface area (Å²) in [6.45, 7) is 7.85. The summed E-state index contributed by atoms with van der Waals surface area (Å²) < 4.78 is 16.5. The lowest BCUT2D eigenvalue weighted by atomic mass is 9.76. The molecule has 1 atom stereocenters. The molecule has 0 bridgehead atoms. The number of hydrogen-bond acceptors (Lipinski definition) is 9. The molecular weight excluding hydrogens is 455 g/mol. The van der Waals surface area contributed by atoms with Crippen LogP contribution in [0.25, 0.3) is 0 Å². The minimum absolute atomic E-state index is 0.0935. The summed E-state index contributed by atoms with van der Waals surface area (Å²) in [5, 5.41) is 19.9. The Hall–Kier alpha value is -3.22. The zero-order valence-corrected chi connectivity index (χ0v) is 20.2. The molecule has 2 amide bonds. The summed E-state index contributed by atoms with van der Waals surface area (Å²) in [4.78, 5) is 36.8. The van der Waals surface area contributed by atoms with Crippen LogP contribution in [0.2, 0.25) is 0 Å². The van der Waals surface area contributed by atoms with Gasteiger partial charge in [-0.15, -0.1) is 0 Å². The van der Waals surface area contributed by atoms with Gasteiger partial charge in [-0.2, -0.15) is 0 Å². The van der Waals surface area contributed by atoms with E-state index >= 15 is 0 Å². The van der Waals surface area contributed by atoms with E-state index in [1.54, 1.807) is 26.8 Å². The van der Waals surface area contributed by atoms with E-state index in [1.165, 1.54) is 22.2 Å². The Morgan fingerprint density at radius 3 is 2.66 bits per heavy atom. The van der Waals surface area contributed by atoms with Gasteiger partial charge in [-0.25, -0.2) is 14.8 Å². The Morgan fingerprint density at radius 1 is 1.23 bits per heavy atom. The van der Waals surface area contributed by atoms with E-state index in [4.69, 9.17) is 14.1 Å². The van der Waals surface area contributed by atoms with Crippen molar-refractivity contribution in [3.05, 3.63) is 41.3 Å². The monoisotopic (exact) mass is 484 g/mol. The number of amides is 2. The van der Waals surface area contributed by atoms with Gasteiger partial charge in [0.15, 0.2) is 0 Å². The van der Waals surface area contributed by atoms with E-state index in [0.717, 1.165) is 11.1 Å². The molecule has 35 heavy (non-hydrogen) atoms. The first-order valence-electron chi connectivity index (χ1n) is 11.4. The SMILES string of the molecule is Cc1c(Oc2cnc(C(=O)N3CCN(C(=O)OC(C)(C)C)C[C@@H]3CO)cn2)ccc2c1B(O)OC2. The molecule has 1 aromatic carbocycles. The average Bonchev–Trinajstić information content (AvgIpc) is 3.20. The molecule has 1 aromatic heterocycles. The first kappa shape index (κ1) is 24.9. The van der Waals surface area contributed by atoms with Crippen LogP contribution in [0.4, 0.5) is 4.79 Å². The highest BCUT2D eigenvalue weighted by molar-refractivity contribution is 6.62. The van der Waals surface area contributed by atoms with Crippen LogP contribution >= 0.6 is 0 Å². The van der Waals surface area contributed by atoms with E-state index in [-0.39, 0.29) is 37.8 Å². The second-order valence-electron chi connectivity index (χ2n) is 9.53. The van der Waals surface area contributed by atoms with E-state index in [1.807, 2.05) is 13.0 Å². The number of benzene rings is 1. The van der Waals surface area contributed by atoms with Gasteiger partial charge in [-0.1, -0.05) is 6.07 Å². The molecule has 2 aliphatic rings. The summed E-state index contributed by atoms with van der Waals surface area (Å²) in [5.74, 6) is 0.285. The summed E-state index contributed by atoms with van der Waals surface area (Å²) in [6.07, 6.45) is 2.18. The number of carbonyl (C=O) groups is 2. The van der Waals surface area contributed by atoms with Crippen molar-refractivity contribution >= 4 is 24.6 Å². The average molecular weight is 484 g/mol. The molecule has 1 saturated heterocycles. The zero-order valence-electron chi connectivity index (χ0n) is 20.2. The number of nitrogens with zero attached hydrogens (tertiary/aromatic N) is 4. The highest BCUT2D eigenvalue weighted by Gasteiger charge is 2.35. The molecule has 0 unspecified atom stereocenters. The van der Waals surface area contributed by atoms with Gasteiger partial charge in [0.2, 0.25) is 5.88 Å². The van der Waals surface area contributed by atoms with Gasteiger partial charge < -0.3 is 34.1 Å². The first-order valence-corrected chi connectivity index (χ1v) is 11.4. The Balaban J connectivity index is 1.42. The minimum Gasteiger partial charge on any atom is -0.444 e. The molecule has 12 heteroatoms. The van der Waals surface area contributed by atoms with Crippen LogP contribution in [-0.4, -0.2) is 86.9 Å². The number of rotatable bonds is 4. The number of aromatic nitrogens is 2. The minimum atomic E-state index is -0.991. The fourth-order valence-corrected chi connectivity index (χ4v) is 4.11. The normalized spacial score (nSPS) is 17.9. The quantitative estimate of drug-likeness (QED) is 0.606. The topological polar surface area (TPSA) is 135 Å². The largest absolute Gasteiger partial charge is 0.492 e. The Morgan fingerprint density at radius 2 is 2.00 bits per heavy atom. The molecule has 0 aliphatic carbocycles. The molecule has 1 fully saturated rings. The van der Waals surface area contributed by atoms with Crippen molar-refractivity contribution in [2.75, 3.05) is 26.2 Å². The Labute approximate surface area is 203 Å². The maximum absolute atomic E-state index is 13.1. The number of aliphatic hydroxyl groups is 1. The second kappa shape index (κ2) is 9.80. The van der Waals surface area contributed by atoms with Gasteiger partial charge in [-0.3, -0.25) is 4.79 Å². The molecule has 2 aromatic rings. The molecule has 0 spiro atoms. The highest BCUT2D eigenvalue weighted by Crippen LogP contribution is 2.26. The summed E-state index contributed by atoms with van der Waals surface area (Å²) in [5.41, 5.74) is 1.78. The number of aliphatic hydroxyl groups excluding tert-OH is 1. The van der Waals surface area contributed by atoms with Crippen molar-refractivity contribution in [3.8, 4) is 11.6 Å². The summed E-state index contributed by atoms with van der Waals surface area (Å²) in [6, 6.07) is 3.00. The standard InChI is InChI=1S/C23H29BN4O7/c1-14-18(6-5-15-13-33-24(32)20(14)15)34-19-10-25-17(9-26-19)21(30)28-8-7-27(11-16(28)12-29)22(31)35-23(2,3)4/h5-6,9-10,16,29,32H,7-8,11-13H2,1-4H3/t16-/m1/s1. The van der Waals surface area contributed by atoms with Gasteiger partial charge in [-0.05, 0) is 50.4 Å². The van der Waals surface area contributed by atoms with Gasteiger partial charge in [0.05, 0.1) is 31.6 Å². The van der Waals surface area contributed by atoms with Crippen molar-refractivity contribution in [3.63, 3.8) is 0 Å². The van der Waals surface area contributed by atoms with Crippen LogP contribution in [-0.2, 0) is 16.0 Å². The number of hydrogen-bond donors (Lipinski definition) is 2. The van der Waals surface area contributed by atoms with Crippen molar-refractivity contribution in [1.29, 1.82) is 0 Å². The van der Waals surface area contributed by atoms with Crippen molar-refractivity contribution < 1.29 is 33.8 Å². The van der Waals surface area contributed by atoms with E-state index < -0.39 is 30.8 Å². The van der Waals surface area contributed by atoms with Gasteiger partial charge in [0.25, 0.3) is 5.91 Å². The molecule has 186 valence electrons. The number of carbonyl (C=O) groups excluding carboxylic acids is 2. The van der Waals surface area contributed by atoms with Crippen LogP contribution < -0.4 is 10.2 Å². The number of fused-ring (bicyclic) bond motifs is 1. The molecule has 0 radical (unpaired) electrons. The molecule has 0 saturated carbocycles. The fraction of sp³-hybridized carbons (Fsp3) is 0.478. The number of ether oxygens (including phenoxy) is 2. The maximum atomic E-state index is 13.1. The van der Waals surface area contributed by atoms with Crippen LogP contribution in [0.1, 0.15) is 42.4 Å². The predicted octanol–water partition coefficient (Wildman–Crippen LogP) is 0.849. The zero-order chi connectivity index (χ0) is 25.3. The van der Waals surface area contributed by atoms with Gasteiger partial charge in [0.1, 0.15) is 17.0 Å². The van der Waals surface area contributed by atoms with Crippen LogP contribution in [0.3, 0.4) is 0 Å². The van der Waals surface area contributed by atoms with E-state index in [9.17, 15) is 19.7 Å². The lowest BCUT2D eigenvalue weighted by molar-refractivity contribution is -0.00258. The third-order valence-electron chi connectivity index (χ3n) is 5.87. The van der Waals surface area contributed by atoms with Crippen LogP contribution in [0, 0.1) is 6.92 Å². The lowest BCUT2D eigenvalue weighted by Gasteiger charge is -2.40. The van der Waals surface area contributed by atoms with E-state index in [0.29, 0.717) is 17.8 Å². The molecule has 11 nitrogen and oxygen atoms in total. The van der Waals surface area contributed by atoms with Crippen molar-refractivity contribution in [2.45, 2.75) is 45.9 Å². The molecule has 2 N–H and O–H groups in total. The lowest BCUT2D eigenvalue weighted by Crippen LogP contribution is -2.58.